The van der Waals surface area contributed by atoms with E-state index in [0.717, 1.165) is 0 Å². The summed E-state index contributed by atoms with van der Waals surface area (Å²) in [7, 11) is -14.0. The van der Waals surface area contributed by atoms with Crippen LogP contribution in [0.5, 0.6) is 0 Å². The van der Waals surface area contributed by atoms with Crippen LogP contribution in [0.2, 0.25) is 0 Å². The van der Waals surface area contributed by atoms with E-state index in [2.05, 4.69) is 0 Å². The standard InChI is InChI=1S/C8H4F7NO4S2/c9-5-2-1-3-6(4-5)16(21(17,18)7(10,11)12)22(19,20)8(13,14)15/h1-4H. The van der Waals surface area contributed by atoms with Crippen molar-refractivity contribution in [3.63, 3.8) is 0 Å². The predicted molar refractivity (Wildman–Crippen MR) is 58.8 cm³/mol. The molecule has 1 aromatic carbocycles. The van der Waals surface area contributed by atoms with Gasteiger partial charge in [-0.1, -0.05) is 6.07 Å². The summed E-state index contributed by atoms with van der Waals surface area (Å²) < 4.78 is 130. The van der Waals surface area contributed by atoms with Crippen LogP contribution in [0.15, 0.2) is 24.3 Å². The summed E-state index contributed by atoms with van der Waals surface area (Å²) in [6, 6.07) is 1.25. The Hall–Kier alpha value is -1.57. The van der Waals surface area contributed by atoms with Crippen molar-refractivity contribution < 1.29 is 47.6 Å². The van der Waals surface area contributed by atoms with Gasteiger partial charge in [-0.25, -0.2) is 4.39 Å². The lowest BCUT2D eigenvalue weighted by Gasteiger charge is -2.25. The monoisotopic (exact) mass is 375 g/mol. The molecule has 0 aliphatic carbocycles. The highest BCUT2D eigenvalue weighted by Crippen LogP contribution is 2.38. The highest BCUT2D eigenvalue weighted by molar-refractivity contribution is 8.11. The third-order valence-electron chi connectivity index (χ3n) is 2.04. The molecular formula is C8H4F7NO4S2. The quantitative estimate of drug-likeness (QED) is 0.761. The van der Waals surface area contributed by atoms with Crippen molar-refractivity contribution in [2.45, 2.75) is 11.0 Å². The Bertz CT molecular complexity index is 722. The summed E-state index contributed by atoms with van der Waals surface area (Å²) in [5.41, 5.74) is -14.4. The molecule has 0 spiro atoms. The Morgan fingerprint density at radius 2 is 1.23 bits per heavy atom. The number of benzene rings is 1. The number of sulfonamides is 2. The highest BCUT2D eigenvalue weighted by atomic mass is 32.3. The normalized spacial score (nSPS) is 14.0. The summed E-state index contributed by atoms with van der Waals surface area (Å²) in [6.07, 6.45) is 0. The molecular weight excluding hydrogens is 371 g/mol. The van der Waals surface area contributed by atoms with E-state index in [4.69, 9.17) is 0 Å². The predicted octanol–water partition coefficient (Wildman–Crippen LogP) is 2.33. The van der Waals surface area contributed by atoms with Crippen molar-refractivity contribution in [2.75, 3.05) is 3.71 Å². The van der Waals surface area contributed by atoms with Crippen LogP contribution in [0.1, 0.15) is 0 Å². The SMILES string of the molecule is O=S(=O)(N(c1cccc(F)c1)S(=O)(=O)C(F)(F)F)C(F)(F)F. The largest absolute Gasteiger partial charge is 0.517 e. The molecule has 0 heterocycles. The maximum Gasteiger partial charge on any atom is 0.517 e. The molecule has 0 saturated carbocycles. The first kappa shape index (κ1) is 18.5. The Morgan fingerprint density at radius 1 is 0.818 bits per heavy atom. The molecule has 5 nitrogen and oxygen atoms in total. The van der Waals surface area contributed by atoms with Crippen LogP contribution in [0, 0.1) is 5.82 Å². The molecule has 1 rings (SSSR count). The van der Waals surface area contributed by atoms with E-state index in [1.807, 2.05) is 0 Å². The molecule has 0 radical (unpaired) electrons. The van der Waals surface area contributed by atoms with Gasteiger partial charge in [-0.2, -0.15) is 43.2 Å². The fourth-order valence-corrected chi connectivity index (χ4v) is 3.88. The Morgan fingerprint density at radius 3 is 1.55 bits per heavy atom. The van der Waals surface area contributed by atoms with E-state index in [-0.39, 0.29) is 12.1 Å². The summed E-state index contributed by atoms with van der Waals surface area (Å²) in [4.78, 5) is 0. The van der Waals surface area contributed by atoms with Crippen molar-refractivity contribution in [1.82, 2.24) is 0 Å². The number of halogens is 7. The molecule has 0 amide bonds. The number of rotatable bonds is 3. The van der Waals surface area contributed by atoms with Crippen LogP contribution >= 0.6 is 0 Å². The van der Waals surface area contributed by atoms with Crippen LogP contribution in [-0.4, -0.2) is 27.9 Å². The van der Waals surface area contributed by atoms with Gasteiger partial charge in [0.1, 0.15) is 5.82 Å². The maximum absolute atomic E-state index is 12.9. The molecule has 0 atom stereocenters. The van der Waals surface area contributed by atoms with E-state index < -0.39 is 46.3 Å². The fourth-order valence-electron chi connectivity index (χ4n) is 1.18. The van der Waals surface area contributed by atoms with Crippen molar-refractivity contribution >= 4 is 25.7 Å². The van der Waals surface area contributed by atoms with Crippen LogP contribution in [0.4, 0.5) is 36.4 Å². The molecule has 1 aromatic rings. The molecule has 22 heavy (non-hydrogen) atoms. The summed E-state index contributed by atoms with van der Waals surface area (Å²) in [6.45, 7) is 0. The first-order valence-corrected chi connectivity index (χ1v) is 7.69. The van der Waals surface area contributed by atoms with Crippen LogP contribution in [0.3, 0.4) is 0 Å². The second-order valence-electron chi connectivity index (χ2n) is 3.58. The topological polar surface area (TPSA) is 71.5 Å². The van der Waals surface area contributed by atoms with Gasteiger partial charge in [0.2, 0.25) is 0 Å². The molecule has 0 N–H and O–H groups in total. The lowest BCUT2D eigenvalue weighted by atomic mass is 10.3. The van der Waals surface area contributed by atoms with Gasteiger partial charge in [-0.3, -0.25) is 0 Å². The fraction of sp³-hybridized carbons (Fsp3) is 0.250. The third kappa shape index (κ3) is 3.11. The average molecular weight is 375 g/mol. The summed E-state index contributed by atoms with van der Waals surface area (Å²) >= 11 is 0. The lowest BCUT2D eigenvalue weighted by molar-refractivity contribution is -0.0462. The van der Waals surface area contributed by atoms with E-state index in [1.165, 1.54) is 0 Å². The zero-order valence-electron chi connectivity index (χ0n) is 9.85. The first-order chi connectivity index (χ1) is 9.62. The van der Waals surface area contributed by atoms with E-state index >= 15 is 0 Å². The summed E-state index contributed by atoms with van der Waals surface area (Å²) in [5.74, 6) is -1.45. The molecule has 14 heteroatoms. The average Bonchev–Trinajstić information content (AvgIpc) is 2.24. The van der Waals surface area contributed by atoms with Crippen LogP contribution in [-0.2, 0) is 20.0 Å². The number of nitrogens with zero attached hydrogens (tertiary/aromatic N) is 1. The third-order valence-corrected chi connectivity index (χ3v) is 5.68. The second kappa shape index (κ2) is 5.26. The lowest BCUT2D eigenvalue weighted by Crippen LogP contribution is -2.49. The minimum Gasteiger partial charge on any atom is -0.207 e. The molecule has 0 saturated heterocycles. The molecule has 0 aliphatic heterocycles. The van der Waals surface area contributed by atoms with Gasteiger partial charge in [0.25, 0.3) is 0 Å². The smallest absolute Gasteiger partial charge is 0.207 e. The van der Waals surface area contributed by atoms with Gasteiger partial charge in [0.05, 0.1) is 5.69 Å². The molecule has 0 unspecified atom stereocenters. The second-order valence-corrected chi connectivity index (χ2v) is 7.37. The molecule has 0 aliphatic rings. The van der Waals surface area contributed by atoms with E-state index in [1.54, 1.807) is 0 Å². The number of hydrogen-bond acceptors (Lipinski definition) is 4. The van der Waals surface area contributed by atoms with Gasteiger partial charge >= 0.3 is 31.1 Å². The van der Waals surface area contributed by atoms with E-state index in [0.29, 0.717) is 12.1 Å². The first-order valence-electron chi connectivity index (χ1n) is 4.81. The molecule has 0 bridgehead atoms. The number of alkyl halides is 6. The Balaban J connectivity index is 3.78. The minimum atomic E-state index is -6.99. The van der Waals surface area contributed by atoms with Crippen molar-refractivity contribution in [3.05, 3.63) is 30.1 Å². The van der Waals surface area contributed by atoms with Gasteiger partial charge < -0.3 is 0 Å². The van der Waals surface area contributed by atoms with Gasteiger partial charge in [-0.15, -0.1) is 3.71 Å². The van der Waals surface area contributed by atoms with Crippen LogP contribution in [0.25, 0.3) is 0 Å². The minimum absolute atomic E-state index is 0.105. The number of anilines is 1. The zero-order valence-corrected chi connectivity index (χ0v) is 11.5. The molecule has 126 valence electrons. The Labute approximate surface area is 119 Å². The van der Waals surface area contributed by atoms with Crippen molar-refractivity contribution in [1.29, 1.82) is 0 Å². The number of hydrogen-bond donors (Lipinski definition) is 0. The summed E-state index contributed by atoms with van der Waals surface area (Å²) in [5, 5.41) is 0. The Kier molecular flexibility index (Phi) is 4.42. The molecule has 0 fully saturated rings. The molecule has 0 aromatic heterocycles. The van der Waals surface area contributed by atoms with Gasteiger partial charge in [0, 0.05) is 0 Å². The van der Waals surface area contributed by atoms with Crippen molar-refractivity contribution in [2.24, 2.45) is 0 Å². The van der Waals surface area contributed by atoms with Gasteiger partial charge in [-0.05, 0) is 18.2 Å². The van der Waals surface area contributed by atoms with Gasteiger partial charge in [0.15, 0.2) is 0 Å². The van der Waals surface area contributed by atoms with Crippen LogP contribution < -0.4 is 3.71 Å². The van der Waals surface area contributed by atoms with E-state index in [9.17, 15) is 47.6 Å². The maximum atomic E-state index is 12.9. The zero-order chi connectivity index (χ0) is 17.6. The highest BCUT2D eigenvalue weighted by Gasteiger charge is 2.61. The van der Waals surface area contributed by atoms with Crippen molar-refractivity contribution in [3.8, 4) is 0 Å².